The first-order chi connectivity index (χ1) is 15.6. The van der Waals surface area contributed by atoms with Gasteiger partial charge < -0.3 is 13.7 Å². The number of hydrogen-bond acceptors (Lipinski definition) is 5. The maximum atomic E-state index is 13.4. The fourth-order valence-corrected chi connectivity index (χ4v) is 4.63. The van der Waals surface area contributed by atoms with Crippen LogP contribution in [0.3, 0.4) is 0 Å². The molecular formula is C25H24N2O5. The number of carbonyl (C=O) groups is 3. The summed E-state index contributed by atoms with van der Waals surface area (Å²) in [4.78, 5) is 42.4. The van der Waals surface area contributed by atoms with Crippen molar-refractivity contribution in [3.63, 3.8) is 0 Å². The summed E-state index contributed by atoms with van der Waals surface area (Å²) >= 11 is 0. The lowest BCUT2D eigenvalue weighted by molar-refractivity contribution is 0.0548. The van der Waals surface area contributed by atoms with Gasteiger partial charge in [-0.3, -0.25) is 19.3 Å². The first-order valence-corrected chi connectivity index (χ1v) is 11.0. The lowest BCUT2D eigenvalue weighted by Crippen LogP contribution is -2.40. The predicted octanol–water partition coefficient (Wildman–Crippen LogP) is 4.64. The zero-order valence-corrected chi connectivity index (χ0v) is 17.7. The maximum absolute atomic E-state index is 13.4. The Kier molecular flexibility index (Phi) is 5.39. The molecule has 3 aromatic rings. The van der Waals surface area contributed by atoms with Crippen molar-refractivity contribution in [2.24, 2.45) is 0 Å². The van der Waals surface area contributed by atoms with E-state index in [0.29, 0.717) is 28.2 Å². The van der Waals surface area contributed by atoms with Crippen molar-refractivity contribution in [2.75, 3.05) is 0 Å². The molecule has 0 unspecified atom stereocenters. The normalized spacial score (nSPS) is 16.4. The minimum Gasteiger partial charge on any atom is -0.467 e. The minimum absolute atomic E-state index is 0.0512. The molecule has 1 aromatic carbocycles. The van der Waals surface area contributed by atoms with Crippen LogP contribution in [0.25, 0.3) is 0 Å². The average molecular weight is 432 g/mol. The summed E-state index contributed by atoms with van der Waals surface area (Å²) in [5, 5.41) is 0. The lowest BCUT2D eigenvalue weighted by Gasteiger charge is -2.29. The minimum atomic E-state index is -0.296. The Balaban J connectivity index is 1.42. The van der Waals surface area contributed by atoms with Crippen LogP contribution in [-0.4, -0.2) is 33.6 Å². The second-order valence-corrected chi connectivity index (χ2v) is 8.35. The molecule has 0 saturated heterocycles. The topological polar surface area (TPSA) is 84.0 Å². The number of imide groups is 1. The van der Waals surface area contributed by atoms with Crippen LogP contribution in [0.1, 0.15) is 74.7 Å². The number of fused-ring (bicyclic) bond motifs is 1. The molecule has 0 spiro atoms. The van der Waals surface area contributed by atoms with Gasteiger partial charge in [0.2, 0.25) is 0 Å². The number of hydrogen-bond donors (Lipinski definition) is 0. The van der Waals surface area contributed by atoms with E-state index in [4.69, 9.17) is 8.83 Å². The highest BCUT2D eigenvalue weighted by atomic mass is 16.3. The molecule has 2 aliphatic rings. The fourth-order valence-electron chi connectivity index (χ4n) is 4.63. The molecular weight excluding hydrogens is 408 g/mol. The standard InChI is InChI=1S/C25H24N2O5/c28-23(26(15-19-8-4-12-31-19)16-20-9-5-13-32-20)17-10-11-21-22(14-17)25(30)27(24(21)29)18-6-2-1-3-7-18/h4-5,8-14,18H,1-3,6-7,15-16H2. The lowest BCUT2D eigenvalue weighted by atomic mass is 9.94. The first-order valence-electron chi connectivity index (χ1n) is 11.0. The summed E-state index contributed by atoms with van der Waals surface area (Å²) in [6.45, 7) is 0.509. The van der Waals surface area contributed by atoms with Crippen molar-refractivity contribution in [2.45, 2.75) is 51.2 Å². The highest BCUT2D eigenvalue weighted by Crippen LogP contribution is 2.32. The predicted molar refractivity (Wildman–Crippen MR) is 115 cm³/mol. The molecule has 0 bridgehead atoms. The van der Waals surface area contributed by atoms with Gasteiger partial charge in [0.05, 0.1) is 36.7 Å². The summed E-state index contributed by atoms with van der Waals surface area (Å²) in [6.07, 6.45) is 8.00. The fraction of sp³-hybridized carbons (Fsp3) is 0.320. The third-order valence-corrected chi connectivity index (χ3v) is 6.25. The second-order valence-electron chi connectivity index (χ2n) is 8.35. The van der Waals surface area contributed by atoms with Gasteiger partial charge in [-0.25, -0.2) is 0 Å². The number of furan rings is 2. The quantitative estimate of drug-likeness (QED) is 0.530. The number of rotatable bonds is 6. The van der Waals surface area contributed by atoms with Gasteiger partial charge in [0.1, 0.15) is 11.5 Å². The van der Waals surface area contributed by atoms with Gasteiger partial charge in [-0.15, -0.1) is 0 Å². The van der Waals surface area contributed by atoms with Crippen molar-refractivity contribution >= 4 is 17.7 Å². The Morgan fingerprint density at radius 2 is 1.50 bits per heavy atom. The van der Waals surface area contributed by atoms with Gasteiger partial charge in [0.15, 0.2) is 0 Å². The largest absolute Gasteiger partial charge is 0.467 e. The van der Waals surface area contributed by atoms with Crippen LogP contribution < -0.4 is 0 Å². The van der Waals surface area contributed by atoms with Crippen molar-refractivity contribution in [3.8, 4) is 0 Å². The van der Waals surface area contributed by atoms with E-state index in [1.165, 1.54) is 4.90 Å². The Morgan fingerprint density at radius 3 is 2.09 bits per heavy atom. The van der Waals surface area contributed by atoms with Gasteiger partial charge in [0, 0.05) is 11.6 Å². The van der Waals surface area contributed by atoms with E-state index in [1.807, 2.05) is 0 Å². The van der Waals surface area contributed by atoms with E-state index in [1.54, 1.807) is 59.9 Å². The number of amides is 3. The Labute approximate surface area is 185 Å². The van der Waals surface area contributed by atoms with Crippen LogP contribution in [0.2, 0.25) is 0 Å². The zero-order valence-electron chi connectivity index (χ0n) is 17.7. The zero-order chi connectivity index (χ0) is 22.1. The van der Waals surface area contributed by atoms with Crippen molar-refractivity contribution in [1.29, 1.82) is 0 Å². The van der Waals surface area contributed by atoms with Gasteiger partial charge in [-0.05, 0) is 55.3 Å². The third kappa shape index (κ3) is 3.75. The molecule has 3 amide bonds. The van der Waals surface area contributed by atoms with Crippen molar-refractivity contribution in [1.82, 2.24) is 9.80 Å². The molecule has 2 aromatic heterocycles. The van der Waals surface area contributed by atoms with Crippen molar-refractivity contribution < 1.29 is 23.2 Å². The number of carbonyl (C=O) groups excluding carboxylic acids is 3. The highest BCUT2D eigenvalue weighted by Gasteiger charge is 2.40. The summed E-state index contributed by atoms with van der Waals surface area (Å²) in [5.41, 5.74) is 1.04. The Bertz CT molecular complexity index is 1090. The molecule has 0 N–H and O–H groups in total. The van der Waals surface area contributed by atoms with E-state index >= 15 is 0 Å². The molecule has 0 atom stereocenters. The molecule has 3 heterocycles. The van der Waals surface area contributed by atoms with Crippen LogP contribution in [0.15, 0.2) is 63.8 Å². The van der Waals surface area contributed by atoms with Gasteiger partial charge in [0.25, 0.3) is 17.7 Å². The van der Waals surface area contributed by atoms with Gasteiger partial charge in [-0.2, -0.15) is 0 Å². The highest BCUT2D eigenvalue weighted by molar-refractivity contribution is 6.22. The molecule has 32 heavy (non-hydrogen) atoms. The van der Waals surface area contributed by atoms with Crippen LogP contribution >= 0.6 is 0 Å². The summed E-state index contributed by atoms with van der Waals surface area (Å²) < 4.78 is 10.9. The molecule has 1 saturated carbocycles. The molecule has 0 radical (unpaired) electrons. The number of nitrogens with zero attached hydrogens (tertiary/aromatic N) is 2. The van der Waals surface area contributed by atoms with E-state index in [9.17, 15) is 14.4 Å². The Hall–Kier alpha value is -3.61. The second kappa shape index (κ2) is 8.49. The van der Waals surface area contributed by atoms with Crippen LogP contribution in [0.4, 0.5) is 0 Å². The van der Waals surface area contributed by atoms with E-state index in [-0.39, 0.29) is 36.9 Å². The summed E-state index contributed by atoms with van der Waals surface area (Å²) in [7, 11) is 0. The summed E-state index contributed by atoms with van der Waals surface area (Å²) in [6, 6.07) is 11.9. The van der Waals surface area contributed by atoms with E-state index in [2.05, 4.69) is 0 Å². The van der Waals surface area contributed by atoms with E-state index in [0.717, 1.165) is 32.1 Å². The average Bonchev–Trinajstić information content (AvgIpc) is 3.57. The SMILES string of the molecule is O=C(c1ccc2c(c1)C(=O)N(C1CCCCC1)C2=O)N(Cc1ccco1)Cc1ccco1. The smallest absolute Gasteiger partial charge is 0.261 e. The monoisotopic (exact) mass is 432 g/mol. The van der Waals surface area contributed by atoms with E-state index < -0.39 is 0 Å². The molecule has 1 fully saturated rings. The van der Waals surface area contributed by atoms with Crippen molar-refractivity contribution in [3.05, 3.63) is 83.2 Å². The van der Waals surface area contributed by atoms with Crippen LogP contribution in [-0.2, 0) is 13.1 Å². The summed E-state index contributed by atoms with van der Waals surface area (Å²) in [5.74, 6) is 0.465. The van der Waals surface area contributed by atoms with Crippen LogP contribution in [0, 0.1) is 0 Å². The molecule has 164 valence electrons. The third-order valence-electron chi connectivity index (χ3n) is 6.25. The molecule has 1 aliphatic carbocycles. The first kappa shape index (κ1) is 20.3. The van der Waals surface area contributed by atoms with Gasteiger partial charge >= 0.3 is 0 Å². The molecule has 7 nitrogen and oxygen atoms in total. The molecule has 5 rings (SSSR count). The molecule has 7 heteroatoms. The molecule has 1 aliphatic heterocycles. The Morgan fingerprint density at radius 1 is 0.875 bits per heavy atom. The van der Waals surface area contributed by atoms with Crippen LogP contribution in [0.5, 0.6) is 0 Å². The number of benzene rings is 1. The van der Waals surface area contributed by atoms with Gasteiger partial charge in [-0.1, -0.05) is 19.3 Å². The maximum Gasteiger partial charge on any atom is 0.261 e.